The normalized spacial score (nSPS) is 12.2. The van der Waals surface area contributed by atoms with Crippen molar-refractivity contribution in [3.05, 3.63) is 54.1 Å². The third-order valence-corrected chi connectivity index (χ3v) is 3.34. The van der Waals surface area contributed by atoms with Gasteiger partial charge in [0.05, 0.1) is 7.11 Å². The number of benzene rings is 2. The number of hydrogen-bond acceptors (Lipinski definition) is 2. The highest BCUT2D eigenvalue weighted by Crippen LogP contribution is 2.24. The van der Waals surface area contributed by atoms with Gasteiger partial charge in [-0.2, -0.15) is 0 Å². The van der Waals surface area contributed by atoms with E-state index in [1.165, 1.54) is 16.7 Å². The molecule has 1 unspecified atom stereocenters. The molecular formula is C17H21NO. The quantitative estimate of drug-likeness (QED) is 0.871. The molecule has 100 valence electrons. The van der Waals surface area contributed by atoms with Crippen LogP contribution in [0.4, 0.5) is 0 Å². The van der Waals surface area contributed by atoms with Crippen LogP contribution in [0.5, 0.6) is 5.75 Å². The van der Waals surface area contributed by atoms with Crippen molar-refractivity contribution in [2.75, 3.05) is 13.7 Å². The predicted octanol–water partition coefficient (Wildman–Crippen LogP) is 4.03. The van der Waals surface area contributed by atoms with Gasteiger partial charge in [-0.15, -0.1) is 0 Å². The van der Waals surface area contributed by atoms with Crippen LogP contribution in [0.15, 0.2) is 48.5 Å². The Morgan fingerprint density at radius 2 is 1.47 bits per heavy atom. The van der Waals surface area contributed by atoms with Crippen LogP contribution in [0.25, 0.3) is 11.1 Å². The van der Waals surface area contributed by atoms with Crippen molar-refractivity contribution in [3.63, 3.8) is 0 Å². The van der Waals surface area contributed by atoms with Crippen molar-refractivity contribution in [2.45, 2.75) is 19.9 Å². The maximum Gasteiger partial charge on any atom is 0.118 e. The summed E-state index contributed by atoms with van der Waals surface area (Å²) in [5.74, 6) is 0.890. The topological polar surface area (TPSA) is 21.3 Å². The molecule has 0 bridgehead atoms. The van der Waals surface area contributed by atoms with Crippen molar-refractivity contribution in [3.8, 4) is 16.9 Å². The van der Waals surface area contributed by atoms with E-state index in [2.05, 4.69) is 55.6 Å². The molecule has 19 heavy (non-hydrogen) atoms. The molecule has 0 saturated heterocycles. The van der Waals surface area contributed by atoms with Crippen molar-refractivity contribution in [1.82, 2.24) is 5.32 Å². The lowest BCUT2D eigenvalue weighted by Gasteiger charge is -2.13. The van der Waals surface area contributed by atoms with Gasteiger partial charge in [0.25, 0.3) is 0 Å². The van der Waals surface area contributed by atoms with Crippen molar-refractivity contribution in [1.29, 1.82) is 0 Å². The summed E-state index contributed by atoms with van der Waals surface area (Å²) in [5, 5.41) is 3.42. The number of ether oxygens (including phenoxy) is 1. The van der Waals surface area contributed by atoms with E-state index >= 15 is 0 Å². The Kier molecular flexibility index (Phi) is 4.58. The first-order valence-corrected chi connectivity index (χ1v) is 6.72. The van der Waals surface area contributed by atoms with Gasteiger partial charge in [0.15, 0.2) is 0 Å². The zero-order valence-electron chi connectivity index (χ0n) is 11.8. The van der Waals surface area contributed by atoms with Crippen LogP contribution in [-0.2, 0) is 0 Å². The fourth-order valence-corrected chi connectivity index (χ4v) is 2.17. The molecule has 1 atom stereocenters. The SMILES string of the molecule is CCNC(C)c1ccc(-c2ccc(OC)cc2)cc1. The second kappa shape index (κ2) is 6.39. The number of nitrogens with one attached hydrogen (secondary N) is 1. The fraction of sp³-hybridized carbons (Fsp3) is 0.294. The molecule has 2 heteroatoms. The largest absolute Gasteiger partial charge is 0.497 e. The van der Waals surface area contributed by atoms with Gasteiger partial charge >= 0.3 is 0 Å². The van der Waals surface area contributed by atoms with E-state index in [0.29, 0.717) is 6.04 Å². The summed E-state index contributed by atoms with van der Waals surface area (Å²) in [7, 11) is 1.69. The average molecular weight is 255 g/mol. The Hall–Kier alpha value is -1.80. The van der Waals surface area contributed by atoms with Gasteiger partial charge in [0.2, 0.25) is 0 Å². The molecule has 0 heterocycles. The average Bonchev–Trinajstić information content (AvgIpc) is 2.48. The van der Waals surface area contributed by atoms with Crippen molar-refractivity contribution in [2.24, 2.45) is 0 Å². The Morgan fingerprint density at radius 1 is 0.947 bits per heavy atom. The van der Waals surface area contributed by atoms with Crippen LogP contribution in [0, 0.1) is 0 Å². The molecule has 0 aliphatic rings. The summed E-state index contributed by atoms with van der Waals surface area (Å²) in [6, 6.07) is 17.3. The van der Waals surface area contributed by atoms with Crippen molar-refractivity contribution < 1.29 is 4.74 Å². The zero-order chi connectivity index (χ0) is 13.7. The van der Waals surface area contributed by atoms with Crippen LogP contribution < -0.4 is 10.1 Å². The van der Waals surface area contributed by atoms with E-state index in [4.69, 9.17) is 4.74 Å². The van der Waals surface area contributed by atoms with Crippen LogP contribution in [-0.4, -0.2) is 13.7 Å². The molecule has 0 fully saturated rings. The molecule has 0 aromatic heterocycles. The van der Waals surface area contributed by atoms with Gasteiger partial charge in [-0.1, -0.05) is 43.3 Å². The van der Waals surface area contributed by atoms with E-state index in [0.717, 1.165) is 12.3 Å². The number of rotatable bonds is 5. The summed E-state index contributed by atoms with van der Waals surface area (Å²) in [5.41, 5.74) is 3.76. The first-order valence-electron chi connectivity index (χ1n) is 6.72. The van der Waals surface area contributed by atoms with Gasteiger partial charge in [0, 0.05) is 6.04 Å². The van der Waals surface area contributed by atoms with E-state index < -0.39 is 0 Å². The second-order valence-electron chi connectivity index (χ2n) is 4.63. The molecule has 2 nitrogen and oxygen atoms in total. The molecule has 2 aromatic rings. The minimum atomic E-state index is 0.398. The van der Waals surface area contributed by atoms with Gasteiger partial charge in [-0.3, -0.25) is 0 Å². The van der Waals surface area contributed by atoms with E-state index in [9.17, 15) is 0 Å². The molecule has 0 radical (unpaired) electrons. The predicted molar refractivity (Wildman–Crippen MR) is 80.5 cm³/mol. The Balaban J connectivity index is 2.17. The molecule has 0 aliphatic heterocycles. The Morgan fingerprint density at radius 3 is 1.95 bits per heavy atom. The maximum atomic E-state index is 5.17. The molecule has 0 amide bonds. The minimum Gasteiger partial charge on any atom is -0.497 e. The number of hydrogen-bond donors (Lipinski definition) is 1. The van der Waals surface area contributed by atoms with Crippen LogP contribution in [0.3, 0.4) is 0 Å². The summed E-state index contributed by atoms with van der Waals surface area (Å²) < 4.78 is 5.17. The summed E-state index contributed by atoms with van der Waals surface area (Å²) in [6.45, 7) is 5.30. The molecule has 0 saturated carbocycles. The highest BCUT2D eigenvalue weighted by Gasteiger charge is 2.04. The summed E-state index contributed by atoms with van der Waals surface area (Å²) in [4.78, 5) is 0. The van der Waals surface area contributed by atoms with E-state index in [1.807, 2.05) is 12.1 Å². The molecule has 1 N–H and O–H groups in total. The smallest absolute Gasteiger partial charge is 0.118 e. The standard InChI is InChI=1S/C17H21NO/c1-4-18-13(2)14-5-7-15(8-6-14)16-9-11-17(19-3)12-10-16/h5-13,18H,4H2,1-3H3. The van der Waals surface area contributed by atoms with Crippen LogP contribution >= 0.6 is 0 Å². The Labute approximate surface area is 115 Å². The highest BCUT2D eigenvalue weighted by atomic mass is 16.5. The van der Waals surface area contributed by atoms with Gasteiger partial charge in [0.1, 0.15) is 5.75 Å². The molecule has 2 rings (SSSR count). The minimum absolute atomic E-state index is 0.398. The zero-order valence-corrected chi connectivity index (χ0v) is 11.8. The van der Waals surface area contributed by atoms with E-state index in [-0.39, 0.29) is 0 Å². The first-order chi connectivity index (χ1) is 9.24. The van der Waals surface area contributed by atoms with Crippen molar-refractivity contribution >= 4 is 0 Å². The van der Waals surface area contributed by atoms with Crippen LogP contribution in [0.2, 0.25) is 0 Å². The lowest BCUT2D eigenvalue weighted by atomic mass is 10.0. The highest BCUT2D eigenvalue weighted by molar-refractivity contribution is 5.64. The molecule has 2 aromatic carbocycles. The summed E-state index contributed by atoms with van der Waals surface area (Å²) in [6.07, 6.45) is 0. The third-order valence-electron chi connectivity index (χ3n) is 3.34. The fourth-order valence-electron chi connectivity index (χ4n) is 2.17. The summed E-state index contributed by atoms with van der Waals surface area (Å²) >= 11 is 0. The maximum absolute atomic E-state index is 5.17. The molecular weight excluding hydrogens is 234 g/mol. The number of methoxy groups -OCH3 is 1. The third kappa shape index (κ3) is 3.36. The lowest BCUT2D eigenvalue weighted by Crippen LogP contribution is -2.17. The van der Waals surface area contributed by atoms with E-state index in [1.54, 1.807) is 7.11 Å². The van der Waals surface area contributed by atoms with Gasteiger partial charge in [-0.25, -0.2) is 0 Å². The molecule has 0 aliphatic carbocycles. The monoisotopic (exact) mass is 255 g/mol. The second-order valence-corrected chi connectivity index (χ2v) is 4.63. The van der Waals surface area contributed by atoms with Gasteiger partial charge in [-0.05, 0) is 42.3 Å². The lowest BCUT2D eigenvalue weighted by molar-refractivity contribution is 0.415. The molecule has 0 spiro atoms. The first kappa shape index (κ1) is 13.6. The van der Waals surface area contributed by atoms with Crippen LogP contribution in [0.1, 0.15) is 25.5 Å². The Bertz CT molecular complexity index is 502. The van der Waals surface area contributed by atoms with Gasteiger partial charge < -0.3 is 10.1 Å².